The number of rotatable bonds is 5. The molecule has 0 fully saturated rings. The minimum atomic E-state index is -3.33. The molecule has 0 bridgehead atoms. The fourth-order valence-electron chi connectivity index (χ4n) is 1.69. The first kappa shape index (κ1) is 15.0. The van der Waals surface area contributed by atoms with Crippen LogP contribution in [0.25, 0.3) is 0 Å². The second kappa shape index (κ2) is 6.37. The average Bonchev–Trinajstić information content (AvgIpc) is 2.39. The van der Waals surface area contributed by atoms with Gasteiger partial charge in [-0.15, -0.1) is 0 Å². The summed E-state index contributed by atoms with van der Waals surface area (Å²) < 4.78 is 37.9. The van der Waals surface area contributed by atoms with Crippen molar-refractivity contribution in [3.63, 3.8) is 0 Å². The van der Waals surface area contributed by atoms with E-state index in [-0.39, 0.29) is 23.0 Å². The second-order valence-corrected chi connectivity index (χ2v) is 7.23. The lowest BCUT2D eigenvalue weighted by Gasteiger charge is -2.07. The number of hydrogen-bond donors (Lipinski definition) is 1. The molecule has 2 rings (SSSR count). The maximum Gasteiger partial charge on any atom is 0.180 e. The number of nitrogens with one attached hydrogen (secondary N) is 1. The maximum absolute atomic E-state index is 13.0. The van der Waals surface area contributed by atoms with E-state index in [1.54, 1.807) is 36.4 Å². The first-order chi connectivity index (χ1) is 9.47. The van der Waals surface area contributed by atoms with E-state index in [9.17, 15) is 12.8 Å². The molecular formula is C14H13BrFNO2S. The summed E-state index contributed by atoms with van der Waals surface area (Å²) in [6, 6.07) is 12.4. The molecule has 0 saturated heterocycles. The summed E-state index contributed by atoms with van der Waals surface area (Å²) in [5, 5.41) is 2.89. The third kappa shape index (κ3) is 4.05. The van der Waals surface area contributed by atoms with Gasteiger partial charge in [0.05, 0.1) is 10.6 Å². The molecule has 0 atom stereocenters. The van der Waals surface area contributed by atoms with Crippen molar-refractivity contribution >= 4 is 31.5 Å². The molecule has 0 unspecified atom stereocenters. The lowest BCUT2D eigenvalue weighted by atomic mass is 10.3. The lowest BCUT2D eigenvalue weighted by Crippen LogP contribution is -2.15. The standard InChI is InChI=1S/C14H13BrFNO2S/c15-11-4-6-14(7-5-11)20(18,19)9-8-17-13-3-1-2-12(16)10-13/h1-7,10,17H,8-9H2. The Morgan fingerprint density at radius 2 is 1.80 bits per heavy atom. The van der Waals surface area contributed by atoms with E-state index in [0.29, 0.717) is 5.69 Å². The number of sulfone groups is 1. The highest BCUT2D eigenvalue weighted by Crippen LogP contribution is 2.16. The first-order valence-corrected chi connectivity index (χ1v) is 8.40. The van der Waals surface area contributed by atoms with E-state index in [4.69, 9.17) is 0 Å². The van der Waals surface area contributed by atoms with Crippen molar-refractivity contribution in [2.45, 2.75) is 4.90 Å². The molecule has 1 N–H and O–H groups in total. The van der Waals surface area contributed by atoms with Crippen LogP contribution in [0.15, 0.2) is 57.9 Å². The van der Waals surface area contributed by atoms with Gasteiger partial charge in [-0.1, -0.05) is 22.0 Å². The Kier molecular flexibility index (Phi) is 4.77. The maximum atomic E-state index is 13.0. The zero-order valence-corrected chi connectivity index (χ0v) is 12.9. The Balaban J connectivity index is 1.98. The molecule has 0 radical (unpaired) electrons. The molecule has 0 amide bonds. The van der Waals surface area contributed by atoms with Crippen LogP contribution in [0.3, 0.4) is 0 Å². The van der Waals surface area contributed by atoms with Gasteiger partial charge in [-0.25, -0.2) is 12.8 Å². The Morgan fingerprint density at radius 1 is 1.10 bits per heavy atom. The molecule has 0 saturated carbocycles. The van der Waals surface area contributed by atoms with Crippen molar-refractivity contribution in [1.82, 2.24) is 0 Å². The number of anilines is 1. The van der Waals surface area contributed by atoms with Crippen LogP contribution >= 0.6 is 15.9 Å². The Morgan fingerprint density at radius 3 is 2.45 bits per heavy atom. The van der Waals surface area contributed by atoms with E-state index < -0.39 is 9.84 Å². The van der Waals surface area contributed by atoms with E-state index >= 15 is 0 Å². The highest BCUT2D eigenvalue weighted by molar-refractivity contribution is 9.10. The Bertz CT molecular complexity index is 687. The summed E-state index contributed by atoms with van der Waals surface area (Å²) >= 11 is 3.26. The van der Waals surface area contributed by atoms with Crippen LogP contribution in [0, 0.1) is 5.82 Å². The molecule has 106 valence electrons. The number of halogens is 2. The Hall–Kier alpha value is -1.40. The van der Waals surface area contributed by atoms with Gasteiger partial charge in [-0.3, -0.25) is 0 Å². The van der Waals surface area contributed by atoms with E-state index in [1.165, 1.54) is 12.1 Å². The first-order valence-electron chi connectivity index (χ1n) is 5.95. The van der Waals surface area contributed by atoms with Gasteiger partial charge in [0.25, 0.3) is 0 Å². The van der Waals surface area contributed by atoms with E-state index in [1.807, 2.05) is 0 Å². The van der Waals surface area contributed by atoms with Crippen molar-refractivity contribution in [1.29, 1.82) is 0 Å². The fourth-order valence-corrected chi connectivity index (χ4v) is 3.11. The van der Waals surface area contributed by atoms with Crippen molar-refractivity contribution < 1.29 is 12.8 Å². The molecule has 2 aromatic rings. The van der Waals surface area contributed by atoms with Crippen molar-refractivity contribution in [2.24, 2.45) is 0 Å². The van der Waals surface area contributed by atoms with Gasteiger partial charge >= 0.3 is 0 Å². The van der Waals surface area contributed by atoms with Gasteiger partial charge < -0.3 is 5.32 Å². The highest BCUT2D eigenvalue weighted by Gasteiger charge is 2.13. The van der Waals surface area contributed by atoms with Crippen LogP contribution in [0.4, 0.5) is 10.1 Å². The fraction of sp³-hybridized carbons (Fsp3) is 0.143. The van der Waals surface area contributed by atoms with Crippen LogP contribution in [-0.4, -0.2) is 20.7 Å². The van der Waals surface area contributed by atoms with Crippen LogP contribution in [0.5, 0.6) is 0 Å². The summed E-state index contributed by atoms with van der Waals surface area (Å²) in [5.41, 5.74) is 0.566. The molecule has 3 nitrogen and oxygen atoms in total. The van der Waals surface area contributed by atoms with Crippen LogP contribution in [0.2, 0.25) is 0 Å². The highest BCUT2D eigenvalue weighted by atomic mass is 79.9. The minimum Gasteiger partial charge on any atom is -0.384 e. The van der Waals surface area contributed by atoms with Gasteiger partial charge in [0.15, 0.2) is 9.84 Å². The molecule has 0 heterocycles. The Labute approximate surface area is 125 Å². The van der Waals surface area contributed by atoms with Crippen LogP contribution in [0.1, 0.15) is 0 Å². The number of hydrogen-bond acceptors (Lipinski definition) is 3. The molecule has 0 aliphatic carbocycles. The topological polar surface area (TPSA) is 46.2 Å². The molecule has 0 aliphatic heterocycles. The predicted octanol–water partition coefficient (Wildman–Crippen LogP) is 3.47. The van der Waals surface area contributed by atoms with E-state index in [0.717, 1.165) is 4.47 Å². The summed E-state index contributed by atoms with van der Waals surface area (Å²) in [4.78, 5) is 0.279. The predicted molar refractivity (Wildman–Crippen MR) is 81.1 cm³/mol. The third-order valence-corrected chi connectivity index (χ3v) is 4.96. The van der Waals surface area contributed by atoms with Gasteiger partial charge in [-0.2, -0.15) is 0 Å². The van der Waals surface area contributed by atoms with Crippen molar-refractivity contribution in [3.05, 3.63) is 58.8 Å². The van der Waals surface area contributed by atoms with Gasteiger partial charge in [0.2, 0.25) is 0 Å². The lowest BCUT2D eigenvalue weighted by molar-refractivity contribution is 0.596. The van der Waals surface area contributed by atoms with Gasteiger partial charge in [0.1, 0.15) is 5.82 Å². The summed E-state index contributed by atoms with van der Waals surface area (Å²) in [7, 11) is -3.33. The summed E-state index contributed by atoms with van der Waals surface area (Å²) in [5.74, 6) is -0.406. The number of benzene rings is 2. The average molecular weight is 358 g/mol. The molecule has 0 aromatic heterocycles. The van der Waals surface area contributed by atoms with Gasteiger partial charge in [-0.05, 0) is 42.5 Å². The summed E-state index contributed by atoms with van der Waals surface area (Å²) in [6.45, 7) is 0.224. The smallest absolute Gasteiger partial charge is 0.180 e. The minimum absolute atomic E-state index is 0.0505. The van der Waals surface area contributed by atoms with Crippen molar-refractivity contribution in [3.8, 4) is 0 Å². The van der Waals surface area contributed by atoms with E-state index in [2.05, 4.69) is 21.2 Å². The zero-order valence-electron chi connectivity index (χ0n) is 10.5. The molecular weight excluding hydrogens is 345 g/mol. The zero-order chi connectivity index (χ0) is 14.6. The van der Waals surface area contributed by atoms with Crippen LogP contribution < -0.4 is 5.32 Å². The summed E-state index contributed by atoms with van der Waals surface area (Å²) in [6.07, 6.45) is 0. The molecule has 2 aromatic carbocycles. The molecule has 20 heavy (non-hydrogen) atoms. The quantitative estimate of drug-likeness (QED) is 0.890. The second-order valence-electron chi connectivity index (χ2n) is 4.21. The largest absolute Gasteiger partial charge is 0.384 e. The van der Waals surface area contributed by atoms with Crippen LogP contribution in [-0.2, 0) is 9.84 Å². The van der Waals surface area contributed by atoms with Crippen molar-refractivity contribution in [2.75, 3.05) is 17.6 Å². The molecule has 0 spiro atoms. The van der Waals surface area contributed by atoms with Gasteiger partial charge in [0, 0.05) is 16.7 Å². The molecule has 6 heteroatoms. The monoisotopic (exact) mass is 357 g/mol. The molecule has 0 aliphatic rings. The normalized spacial score (nSPS) is 11.3. The third-order valence-electron chi connectivity index (χ3n) is 2.70. The SMILES string of the molecule is O=S(=O)(CCNc1cccc(F)c1)c1ccc(Br)cc1.